The lowest BCUT2D eigenvalue weighted by Crippen LogP contribution is -2.57. The molecule has 2 heterocycles. The number of esters is 1. The summed E-state index contributed by atoms with van der Waals surface area (Å²) in [5.41, 5.74) is 5.43. The number of carbonyl (C=O) groups excluding carboxylic acids is 5. The SMILES string of the molecule is C=C[C@@H]1C[C@]1(N)C(=O)N(C(=O)[C@@H]1C[C@@H](Oc2cc(-c3ccccc3)nc3cc(OC)ccc23)CN1C(=O)C(CC=O)C(=O)OC(C)(C)C)S(=O)(=O)c1ccccc1. The maximum Gasteiger partial charge on any atom is 0.319 e. The molecule has 14 nitrogen and oxygen atoms in total. The van der Waals surface area contributed by atoms with Crippen molar-refractivity contribution in [3.05, 3.63) is 97.6 Å². The van der Waals surface area contributed by atoms with Crippen molar-refractivity contribution in [1.82, 2.24) is 14.2 Å². The lowest BCUT2D eigenvalue weighted by molar-refractivity contribution is -0.167. The van der Waals surface area contributed by atoms with Crippen molar-refractivity contribution in [3.8, 4) is 22.8 Å². The number of fused-ring (bicyclic) bond motifs is 1. The third-order valence-electron chi connectivity index (χ3n) is 9.90. The molecule has 5 atom stereocenters. The number of nitrogens with zero attached hydrogens (tertiary/aromatic N) is 3. The highest BCUT2D eigenvalue weighted by atomic mass is 32.2. The van der Waals surface area contributed by atoms with Crippen molar-refractivity contribution in [1.29, 1.82) is 0 Å². The van der Waals surface area contributed by atoms with Crippen molar-refractivity contribution >= 4 is 50.9 Å². The summed E-state index contributed by atoms with van der Waals surface area (Å²) in [5, 5.41) is 0.563. The number of pyridine rings is 1. The molecule has 0 radical (unpaired) electrons. The average Bonchev–Trinajstić information content (AvgIpc) is 3.70. The minimum Gasteiger partial charge on any atom is -0.497 e. The molecule has 1 aliphatic carbocycles. The molecule has 1 saturated heterocycles. The van der Waals surface area contributed by atoms with Crippen molar-refractivity contribution in [2.24, 2.45) is 17.6 Å². The minimum atomic E-state index is -4.91. The Kier molecular flexibility index (Phi) is 11.4. The number of methoxy groups -OCH3 is 1. The van der Waals surface area contributed by atoms with Gasteiger partial charge in [0.1, 0.15) is 47.0 Å². The van der Waals surface area contributed by atoms with Crippen molar-refractivity contribution in [2.45, 2.75) is 68.2 Å². The number of hydrogen-bond acceptors (Lipinski definition) is 12. The van der Waals surface area contributed by atoms with E-state index in [1.54, 1.807) is 51.1 Å². The van der Waals surface area contributed by atoms with Crippen LogP contribution in [-0.4, -0.2) is 89.5 Å². The van der Waals surface area contributed by atoms with Gasteiger partial charge in [0.25, 0.3) is 21.8 Å². The van der Waals surface area contributed by atoms with Gasteiger partial charge in [0.05, 0.1) is 29.8 Å². The van der Waals surface area contributed by atoms with Gasteiger partial charge in [-0.15, -0.1) is 6.58 Å². The molecular weight excluding hydrogens is 753 g/mol. The number of rotatable bonds is 13. The molecule has 1 aromatic heterocycles. The molecule has 6 rings (SSSR count). The molecule has 3 amide bonds. The van der Waals surface area contributed by atoms with Crippen LogP contribution in [0.4, 0.5) is 0 Å². The largest absolute Gasteiger partial charge is 0.497 e. The highest BCUT2D eigenvalue weighted by Gasteiger charge is 2.61. The van der Waals surface area contributed by atoms with Crippen LogP contribution in [0.3, 0.4) is 0 Å². The van der Waals surface area contributed by atoms with Gasteiger partial charge in [-0.05, 0) is 51.5 Å². The van der Waals surface area contributed by atoms with Gasteiger partial charge in [0.2, 0.25) is 5.91 Å². The van der Waals surface area contributed by atoms with E-state index in [0.717, 1.165) is 10.5 Å². The van der Waals surface area contributed by atoms with Crippen molar-refractivity contribution < 1.29 is 46.6 Å². The second-order valence-corrected chi connectivity index (χ2v) is 16.8. The van der Waals surface area contributed by atoms with Gasteiger partial charge in [-0.2, -0.15) is 4.31 Å². The molecule has 4 aromatic rings. The number of imide groups is 1. The predicted octanol–water partition coefficient (Wildman–Crippen LogP) is 4.45. The van der Waals surface area contributed by atoms with Crippen molar-refractivity contribution in [2.75, 3.05) is 13.7 Å². The Morgan fingerprint density at radius 3 is 2.30 bits per heavy atom. The highest BCUT2D eigenvalue weighted by Crippen LogP contribution is 2.45. The maximum atomic E-state index is 14.9. The molecule has 298 valence electrons. The standard InChI is InChI=1S/C42H44N4O10S/c1-6-27-24-42(27,43)40(51)46(57(52,53)30-15-11-8-12-16-30)38(49)35-22-29(25-45(35)37(48)32(19-20-47)39(50)56-41(2,3)4)55-36-23-33(26-13-9-7-10-14-26)44-34-21-28(54-5)17-18-31(34)36/h6-18,20-21,23,27,29,32,35H,1,19,22,24-25,43H2,2-5H3/t27-,29-,32?,35+,42-/m1/s1. The first-order chi connectivity index (χ1) is 27.0. The van der Waals surface area contributed by atoms with Crippen LogP contribution >= 0.6 is 0 Å². The first-order valence-corrected chi connectivity index (χ1v) is 19.7. The van der Waals surface area contributed by atoms with E-state index in [1.165, 1.54) is 37.5 Å². The minimum absolute atomic E-state index is 0.0339. The Labute approximate surface area is 330 Å². The predicted molar refractivity (Wildman–Crippen MR) is 209 cm³/mol. The van der Waals surface area contributed by atoms with E-state index >= 15 is 0 Å². The molecule has 1 aliphatic heterocycles. The van der Waals surface area contributed by atoms with E-state index in [2.05, 4.69) is 6.58 Å². The van der Waals surface area contributed by atoms with E-state index in [9.17, 15) is 32.4 Å². The molecular formula is C42H44N4O10S. The van der Waals surface area contributed by atoms with Gasteiger partial charge in [0.15, 0.2) is 0 Å². The van der Waals surface area contributed by atoms with Gasteiger partial charge in [-0.3, -0.25) is 19.2 Å². The molecule has 2 fully saturated rings. The number of sulfonamides is 1. The van der Waals surface area contributed by atoms with Crippen molar-refractivity contribution in [3.63, 3.8) is 0 Å². The Bertz CT molecular complexity index is 2330. The van der Waals surface area contributed by atoms with Crippen LogP contribution in [0.25, 0.3) is 22.2 Å². The van der Waals surface area contributed by atoms with Gasteiger partial charge >= 0.3 is 5.97 Å². The Morgan fingerprint density at radius 2 is 1.70 bits per heavy atom. The first-order valence-electron chi connectivity index (χ1n) is 18.3. The number of likely N-dealkylation sites (tertiary alicyclic amines) is 1. The molecule has 15 heteroatoms. The molecule has 57 heavy (non-hydrogen) atoms. The van der Waals surface area contributed by atoms with E-state index in [1.807, 2.05) is 30.3 Å². The fourth-order valence-corrected chi connectivity index (χ4v) is 8.32. The number of aromatic nitrogens is 1. The molecule has 3 aromatic carbocycles. The van der Waals surface area contributed by atoms with Gasteiger partial charge in [0, 0.05) is 41.8 Å². The summed E-state index contributed by atoms with van der Waals surface area (Å²) in [5.74, 6) is -5.95. The van der Waals surface area contributed by atoms with E-state index in [4.69, 9.17) is 24.9 Å². The summed E-state index contributed by atoms with van der Waals surface area (Å²) in [4.78, 5) is 74.3. The Morgan fingerprint density at radius 1 is 1.04 bits per heavy atom. The second-order valence-electron chi connectivity index (χ2n) is 15.0. The summed E-state index contributed by atoms with van der Waals surface area (Å²) in [6.45, 7) is 8.11. The summed E-state index contributed by atoms with van der Waals surface area (Å²) in [7, 11) is -3.38. The molecule has 0 spiro atoms. The number of aldehydes is 1. The normalized spacial score (nSPS) is 20.9. The van der Waals surface area contributed by atoms with Gasteiger partial charge in [-0.25, -0.2) is 13.4 Å². The van der Waals surface area contributed by atoms with Crippen LogP contribution < -0.4 is 15.2 Å². The quantitative estimate of drug-likeness (QED) is 0.0658. The van der Waals surface area contributed by atoms with E-state index in [0.29, 0.717) is 34.4 Å². The number of hydrogen-bond donors (Lipinski definition) is 1. The van der Waals surface area contributed by atoms with Crippen LogP contribution in [0, 0.1) is 11.8 Å². The Hall–Kier alpha value is -5.93. The lowest BCUT2D eigenvalue weighted by atomic mass is 10.0. The zero-order valence-corrected chi connectivity index (χ0v) is 32.8. The van der Waals surface area contributed by atoms with E-state index in [-0.39, 0.29) is 28.6 Å². The fraction of sp³-hybridized carbons (Fsp3) is 0.333. The fourth-order valence-electron chi connectivity index (χ4n) is 6.86. The molecule has 1 saturated carbocycles. The summed E-state index contributed by atoms with van der Waals surface area (Å²) in [6.07, 6.45) is -0.0812. The molecule has 2 N–H and O–H groups in total. The topological polar surface area (TPSA) is 193 Å². The monoisotopic (exact) mass is 796 g/mol. The lowest BCUT2D eigenvalue weighted by Gasteiger charge is -2.31. The number of nitrogens with two attached hydrogens (primary N) is 1. The summed E-state index contributed by atoms with van der Waals surface area (Å²) in [6, 6.07) is 21.4. The zero-order chi connectivity index (χ0) is 41.3. The van der Waals surface area contributed by atoms with Gasteiger partial charge in [-0.1, -0.05) is 54.6 Å². The number of benzene rings is 3. The van der Waals surface area contributed by atoms with Crippen LogP contribution in [-0.2, 0) is 38.7 Å². The Balaban J connectivity index is 1.45. The molecule has 0 bridgehead atoms. The molecule has 2 aliphatic rings. The number of amides is 3. The summed E-state index contributed by atoms with van der Waals surface area (Å²) >= 11 is 0. The molecule has 1 unspecified atom stereocenters. The van der Waals surface area contributed by atoms with Crippen LogP contribution in [0.2, 0.25) is 0 Å². The van der Waals surface area contributed by atoms with Crippen LogP contribution in [0.1, 0.15) is 40.0 Å². The van der Waals surface area contributed by atoms with Gasteiger partial charge < -0.3 is 29.6 Å². The summed E-state index contributed by atoms with van der Waals surface area (Å²) < 4.78 is 46.2. The van der Waals surface area contributed by atoms with Crippen LogP contribution in [0.15, 0.2) is 102 Å². The second kappa shape index (κ2) is 15.9. The van der Waals surface area contributed by atoms with Crippen LogP contribution in [0.5, 0.6) is 11.5 Å². The zero-order valence-electron chi connectivity index (χ0n) is 32.0. The number of carbonyl (C=O) groups is 5. The third kappa shape index (κ3) is 8.30. The van der Waals surface area contributed by atoms with E-state index < -0.39 is 75.3 Å². The third-order valence-corrected chi connectivity index (χ3v) is 11.6. The highest BCUT2D eigenvalue weighted by molar-refractivity contribution is 7.90. The smallest absolute Gasteiger partial charge is 0.319 e. The number of ether oxygens (including phenoxy) is 3. The first kappa shape index (κ1) is 40.7. The average molecular weight is 797 g/mol. The maximum absolute atomic E-state index is 14.9.